The van der Waals surface area contributed by atoms with Gasteiger partial charge >= 0.3 is 0 Å². The second-order valence-electron chi connectivity index (χ2n) is 6.12. The maximum atomic E-state index is 13.7. The molecule has 6 heteroatoms. The third-order valence-electron chi connectivity index (χ3n) is 4.29. The van der Waals surface area contributed by atoms with E-state index in [2.05, 4.69) is 15.2 Å². The lowest BCUT2D eigenvalue weighted by Gasteiger charge is -2.16. The number of H-pyrrole nitrogens is 1. The molecule has 1 amide bonds. The first kappa shape index (κ1) is 16.4. The molecule has 2 aromatic rings. The number of pyridine rings is 1. The van der Waals surface area contributed by atoms with Gasteiger partial charge in [-0.3, -0.25) is 14.5 Å². The Morgan fingerprint density at radius 2 is 2.08 bits per heavy atom. The molecule has 2 N–H and O–H groups in total. The van der Waals surface area contributed by atoms with Crippen LogP contribution in [-0.2, 0) is 6.54 Å². The van der Waals surface area contributed by atoms with Crippen LogP contribution in [-0.4, -0.2) is 35.4 Å². The molecule has 1 aliphatic heterocycles. The molecule has 24 heavy (non-hydrogen) atoms. The maximum absolute atomic E-state index is 13.7. The molecule has 0 spiro atoms. The molecule has 2 heterocycles. The summed E-state index contributed by atoms with van der Waals surface area (Å²) in [5, 5.41) is 2.85. The maximum Gasteiger partial charge on any atom is 0.267 e. The van der Waals surface area contributed by atoms with E-state index in [1.54, 1.807) is 24.3 Å². The van der Waals surface area contributed by atoms with Crippen molar-refractivity contribution >= 4 is 5.91 Å². The van der Waals surface area contributed by atoms with Crippen molar-refractivity contribution in [2.24, 2.45) is 5.92 Å². The molecule has 0 saturated carbocycles. The topological polar surface area (TPSA) is 65.2 Å². The number of carbonyl (C=O) groups is 1. The van der Waals surface area contributed by atoms with Gasteiger partial charge in [0.2, 0.25) is 5.56 Å². The number of benzene rings is 1. The van der Waals surface area contributed by atoms with Crippen LogP contribution >= 0.6 is 0 Å². The lowest BCUT2D eigenvalue weighted by molar-refractivity contribution is 0.0942. The average molecular weight is 329 g/mol. The summed E-state index contributed by atoms with van der Waals surface area (Å²) in [4.78, 5) is 28.0. The van der Waals surface area contributed by atoms with Crippen molar-refractivity contribution in [2.45, 2.75) is 13.0 Å². The quantitative estimate of drug-likeness (QED) is 0.879. The van der Waals surface area contributed by atoms with Crippen molar-refractivity contribution in [2.75, 3.05) is 19.6 Å². The average Bonchev–Trinajstić information content (AvgIpc) is 3.02. The number of hydrogen-bond donors (Lipinski definition) is 2. The van der Waals surface area contributed by atoms with Gasteiger partial charge in [0.15, 0.2) is 0 Å². The first-order valence-electron chi connectivity index (χ1n) is 8.05. The minimum absolute atomic E-state index is 0.178. The summed E-state index contributed by atoms with van der Waals surface area (Å²) in [5.41, 5.74) is 0.673. The van der Waals surface area contributed by atoms with E-state index in [0.29, 0.717) is 24.6 Å². The SMILES string of the molecule is O=C(NC[C@@H]1CCN(Cc2ccccc2F)C1)c1cccc(=O)[nH]1. The number of halogens is 1. The van der Waals surface area contributed by atoms with E-state index in [4.69, 9.17) is 0 Å². The molecule has 0 bridgehead atoms. The molecule has 1 fully saturated rings. The highest BCUT2D eigenvalue weighted by molar-refractivity contribution is 5.92. The Labute approximate surface area is 139 Å². The van der Waals surface area contributed by atoms with Crippen LogP contribution in [0, 0.1) is 11.7 Å². The molecule has 0 radical (unpaired) electrons. The molecular formula is C18H20FN3O2. The van der Waals surface area contributed by atoms with Gasteiger partial charge in [-0.25, -0.2) is 4.39 Å². The van der Waals surface area contributed by atoms with E-state index in [9.17, 15) is 14.0 Å². The van der Waals surface area contributed by atoms with E-state index in [-0.39, 0.29) is 23.0 Å². The minimum atomic E-state index is -0.292. The normalized spacial score (nSPS) is 17.8. The largest absolute Gasteiger partial charge is 0.350 e. The van der Waals surface area contributed by atoms with Crippen molar-refractivity contribution in [1.82, 2.24) is 15.2 Å². The van der Waals surface area contributed by atoms with Crippen LogP contribution in [0.3, 0.4) is 0 Å². The molecule has 0 unspecified atom stereocenters. The third kappa shape index (κ3) is 4.08. The number of nitrogens with zero attached hydrogens (tertiary/aromatic N) is 1. The number of likely N-dealkylation sites (tertiary alicyclic amines) is 1. The lowest BCUT2D eigenvalue weighted by atomic mass is 10.1. The summed E-state index contributed by atoms with van der Waals surface area (Å²) < 4.78 is 13.7. The summed E-state index contributed by atoms with van der Waals surface area (Å²) in [6.45, 7) is 2.84. The predicted octanol–water partition coefficient (Wildman–Crippen LogP) is 1.77. The number of aromatic nitrogens is 1. The van der Waals surface area contributed by atoms with Gasteiger partial charge in [0.25, 0.3) is 5.91 Å². The number of carbonyl (C=O) groups excluding carboxylic acids is 1. The van der Waals surface area contributed by atoms with Crippen molar-refractivity contribution in [1.29, 1.82) is 0 Å². The van der Waals surface area contributed by atoms with Gasteiger partial charge in [-0.15, -0.1) is 0 Å². The predicted molar refractivity (Wildman–Crippen MR) is 89.2 cm³/mol. The zero-order valence-corrected chi connectivity index (χ0v) is 13.3. The van der Waals surface area contributed by atoms with Gasteiger partial charge in [-0.2, -0.15) is 0 Å². The fourth-order valence-electron chi connectivity index (χ4n) is 3.00. The molecule has 1 aromatic carbocycles. The second kappa shape index (κ2) is 7.40. The number of nitrogens with one attached hydrogen (secondary N) is 2. The van der Waals surface area contributed by atoms with Gasteiger partial charge in [0.1, 0.15) is 11.5 Å². The Bertz CT molecular complexity index is 775. The Hall–Kier alpha value is -2.47. The number of aromatic amines is 1. The Morgan fingerprint density at radius 3 is 2.88 bits per heavy atom. The third-order valence-corrected chi connectivity index (χ3v) is 4.29. The van der Waals surface area contributed by atoms with Crippen LogP contribution in [0.5, 0.6) is 0 Å². The summed E-state index contributed by atoms with van der Waals surface area (Å²) in [7, 11) is 0. The van der Waals surface area contributed by atoms with Crippen LogP contribution in [0.1, 0.15) is 22.5 Å². The first-order chi connectivity index (χ1) is 11.6. The molecule has 3 rings (SSSR count). The van der Waals surface area contributed by atoms with Gasteiger partial charge in [0.05, 0.1) is 0 Å². The standard InChI is InChI=1S/C18H20FN3O2/c19-15-5-2-1-4-14(15)12-22-9-8-13(11-22)10-20-18(24)16-6-3-7-17(23)21-16/h1-7,13H,8-12H2,(H,20,24)(H,21,23)/t13-/m0/s1. The highest BCUT2D eigenvalue weighted by Gasteiger charge is 2.23. The summed E-state index contributed by atoms with van der Waals surface area (Å²) in [6, 6.07) is 11.3. The second-order valence-corrected chi connectivity index (χ2v) is 6.12. The van der Waals surface area contributed by atoms with Crippen molar-refractivity contribution in [3.8, 4) is 0 Å². The fraction of sp³-hybridized carbons (Fsp3) is 0.333. The highest BCUT2D eigenvalue weighted by Crippen LogP contribution is 2.19. The van der Waals surface area contributed by atoms with Crippen molar-refractivity contribution < 1.29 is 9.18 Å². The lowest BCUT2D eigenvalue weighted by Crippen LogP contribution is -2.32. The Kier molecular flexibility index (Phi) is 5.05. The molecule has 1 atom stereocenters. The monoisotopic (exact) mass is 329 g/mol. The summed E-state index contributed by atoms with van der Waals surface area (Å²) in [6.07, 6.45) is 0.958. The van der Waals surface area contributed by atoms with Crippen LogP contribution in [0.4, 0.5) is 4.39 Å². The van der Waals surface area contributed by atoms with Crippen LogP contribution < -0.4 is 10.9 Å². The number of rotatable bonds is 5. The van der Waals surface area contributed by atoms with Crippen molar-refractivity contribution in [3.63, 3.8) is 0 Å². The number of amides is 1. The van der Waals surface area contributed by atoms with Crippen LogP contribution in [0.15, 0.2) is 47.3 Å². The highest BCUT2D eigenvalue weighted by atomic mass is 19.1. The minimum Gasteiger partial charge on any atom is -0.350 e. The zero-order chi connectivity index (χ0) is 16.9. The van der Waals surface area contributed by atoms with E-state index in [1.165, 1.54) is 12.1 Å². The van der Waals surface area contributed by atoms with E-state index >= 15 is 0 Å². The van der Waals surface area contributed by atoms with Gasteiger partial charge in [0, 0.05) is 31.3 Å². The molecule has 1 saturated heterocycles. The molecule has 5 nitrogen and oxygen atoms in total. The smallest absolute Gasteiger partial charge is 0.267 e. The fourth-order valence-corrected chi connectivity index (χ4v) is 3.00. The summed E-state index contributed by atoms with van der Waals surface area (Å²) in [5.74, 6) is -0.126. The van der Waals surface area contributed by atoms with E-state index in [1.807, 2.05) is 6.07 Å². The molecule has 0 aliphatic carbocycles. The van der Waals surface area contributed by atoms with Crippen molar-refractivity contribution in [3.05, 3.63) is 69.9 Å². The number of hydrogen-bond acceptors (Lipinski definition) is 3. The molecule has 126 valence electrons. The van der Waals surface area contributed by atoms with Crippen LogP contribution in [0.25, 0.3) is 0 Å². The Balaban J connectivity index is 1.49. The van der Waals surface area contributed by atoms with Gasteiger partial charge in [-0.05, 0) is 31.0 Å². The van der Waals surface area contributed by atoms with Gasteiger partial charge in [-0.1, -0.05) is 24.3 Å². The van der Waals surface area contributed by atoms with E-state index < -0.39 is 0 Å². The molecular weight excluding hydrogens is 309 g/mol. The van der Waals surface area contributed by atoms with Gasteiger partial charge < -0.3 is 10.3 Å². The zero-order valence-electron chi connectivity index (χ0n) is 13.3. The van der Waals surface area contributed by atoms with Crippen LogP contribution in [0.2, 0.25) is 0 Å². The first-order valence-corrected chi connectivity index (χ1v) is 8.05. The van der Waals surface area contributed by atoms with E-state index in [0.717, 1.165) is 19.5 Å². The summed E-state index contributed by atoms with van der Waals surface area (Å²) >= 11 is 0. The molecule has 1 aliphatic rings. The molecule has 1 aromatic heterocycles. The Morgan fingerprint density at radius 1 is 1.25 bits per heavy atom.